The molecule has 0 spiro atoms. The van der Waals surface area contributed by atoms with E-state index in [4.69, 9.17) is 0 Å². The second-order valence-electron chi connectivity index (χ2n) is 13.0. The molecule has 0 saturated carbocycles. The Balaban J connectivity index is 1.24. The van der Waals surface area contributed by atoms with Crippen LogP contribution in [0.15, 0.2) is 105 Å². The minimum Gasteiger partial charge on any atom is -0.508 e. The van der Waals surface area contributed by atoms with E-state index in [2.05, 4.69) is 10.6 Å². The Morgan fingerprint density at radius 3 is 1.27 bits per heavy atom. The van der Waals surface area contributed by atoms with Crippen molar-refractivity contribution in [2.75, 3.05) is 19.2 Å². The highest BCUT2D eigenvalue weighted by molar-refractivity contribution is 7.94. The van der Waals surface area contributed by atoms with Crippen LogP contribution in [0.2, 0.25) is 0 Å². The SMILES string of the molecule is Cc1ccc2c(NC(=O)Nc3c4ccc(C)c3S(=O)(=O)N4c3cc4cc(O)ccc4cc3S(=O)(=O)O)c1S(=O)(=O)N2c1cc2cc(O)ccc2cc1S(=O)(=O)O. The summed E-state index contributed by atoms with van der Waals surface area (Å²) >= 11 is 0. The Kier molecular flexibility index (Phi) is 7.93. The molecule has 6 aromatic carbocycles. The Labute approximate surface area is 318 Å². The summed E-state index contributed by atoms with van der Waals surface area (Å²) in [6, 6.07) is 16.3. The number of carbonyl (C=O) groups excluding carboxylic acids is 1. The summed E-state index contributed by atoms with van der Waals surface area (Å²) < 4.78 is 129. The van der Waals surface area contributed by atoms with Crippen LogP contribution in [-0.2, 0) is 40.3 Å². The van der Waals surface area contributed by atoms with E-state index in [1.807, 2.05) is 0 Å². The second kappa shape index (κ2) is 12.0. The van der Waals surface area contributed by atoms with Crippen molar-refractivity contribution >= 4 is 102 Å². The van der Waals surface area contributed by atoms with E-state index in [1.165, 1.54) is 74.5 Å². The molecule has 8 rings (SSSR count). The van der Waals surface area contributed by atoms with Gasteiger partial charge < -0.3 is 20.8 Å². The van der Waals surface area contributed by atoms with Gasteiger partial charge in [-0.2, -0.15) is 16.8 Å². The quantitative estimate of drug-likeness (QED) is 0.108. The molecule has 2 aliphatic rings. The standard InChI is InChI=1S/C35H26N4O13S4/c1-17-3-9-25-31(33(17)53(43,44)38(25)27-13-21-11-23(40)7-5-19(21)15-29(27)55(47,48)49)36-35(42)37-32-26-10-4-18(2)34(32)54(45,46)39(26)28-14-22-12-24(41)8-6-20(22)16-30(28)56(50,51)52/h3-16,40-41H,1-2H3,(H2,36,37,42)(H,47,48,49)(H,50,51,52). The first-order valence-corrected chi connectivity index (χ1v) is 21.8. The first kappa shape index (κ1) is 37.0. The van der Waals surface area contributed by atoms with Gasteiger partial charge in [0.15, 0.2) is 0 Å². The van der Waals surface area contributed by atoms with Gasteiger partial charge in [-0.25, -0.2) is 30.2 Å². The number of phenols is 2. The van der Waals surface area contributed by atoms with Crippen LogP contribution in [-0.4, -0.2) is 59.0 Å². The first-order chi connectivity index (χ1) is 26.1. The van der Waals surface area contributed by atoms with Gasteiger partial charge in [-0.05, 0) is 107 Å². The number of nitrogens with zero attached hydrogens (tertiary/aromatic N) is 2. The maximum Gasteiger partial charge on any atom is 0.323 e. The number of carbonyl (C=O) groups is 1. The molecule has 0 aliphatic carbocycles. The fraction of sp³-hybridized carbons (Fsp3) is 0.0571. The summed E-state index contributed by atoms with van der Waals surface area (Å²) in [5, 5.41) is 25.9. The maximum absolute atomic E-state index is 14.2. The zero-order valence-corrected chi connectivity index (χ0v) is 31.8. The van der Waals surface area contributed by atoms with E-state index in [1.54, 1.807) is 0 Å². The third-order valence-corrected chi connectivity index (χ3v) is 15.0. The molecule has 0 unspecified atom stereocenters. The van der Waals surface area contributed by atoms with Crippen LogP contribution >= 0.6 is 0 Å². The molecular formula is C35H26N4O13S4. The lowest BCUT2D eigenvalue weighted by atomic mass is 10.1. The third kappa shape index (κ3) is 5.58. The van der Waals surface area contributed by atoms with Crippen LogP contribution in [0.5, 0.6) is 11.5 Å². The summed E-state index contributed by atoms with van der Waals surface area (Å²) in [7, 11) is -19.6. The van der Waals surface area contributed by atoms with E-state index in [9.17, 15) is 57.8 Å². The highest BCUT2D eigenvalue weighted by atomic mass is 32.2. The van der Waals surface area contributed by atoms with Crippen molar-refractivity contribution in [1.82, 2.24) is 0 Å². The summed E-state index contributed by atoms with van der Waals surface area (Å²) in [6.45, 7) is 2.83. The summed E-state index contributed by atoms with van der Waals surface area (Å²) in [5.74, 6) is -0.436. The molecule has 2 aliphatic heterocycles. The fourth-order valence-corrected chi connectivity index (χ4v) is 12.3. The third-order valence-electron chi connectivity index (χ3n) is 9.37. The minimum atomic E-state index is -5.08. The van der Waals surface area contributed by atoms with E-state index in [-0.39, 0.29) is 66.9 Å². The number of hydrogen-bond donors (Lipinski definition) is 6. The number of benzene rings is 6. The van der Waals surface area contributed by atoms with Crippen molar-refractivity contribution < 1.29 is 57.8 Å². The molecule has 6 aromatic rings. The zero-order valence-electron chi connectivity index (χ0n) is 28.6. The Hall–Kier alpha value is -5.97. The number of fused-ring (bicyclic) bond motifs is 6. The van der Waals surface area contributed by atoms with Crippen molar-refractivity contribution in [3.8, 4) is 11.5 Å². The minimum absolute atomic E-state index is 0.119. The van der Waals surface area contributed by atoms with E-state index >= 15 is 0 Å². The van der Waals surface area contributed by atoms with Crippen LogP contribution in [0.3, 0.4) is 0 Å². The van der Waals surface area contributed by atoms with Gasteiger partial charge in [-0.3, -0.25) is 9.11 Å². The van der Waals surface area contributed by atoms with Gasteiger partial charge in [0.2, 0.25) is 0 Å². The molecule has 0 saturated heterocycles. The number of aromatic hydroxyl groups is 2. The van der Waals surface area contributed by atoms with Crippen LogP contribution in [0, 0.1) is 13.8 Å². The van der Waals surface area contributed by atoms with Gasteiger partial charge in [0.25, 0.3) is 40.3 Å². The van der Waals surface area contributed by atoms with Gasteiger partial charge in [-0.15, -0.1) is 0 Å². The molecule has 0 fully saturated rings. The largest absolute Gasteiger partial charge is 0.508 e. The molecule has 4 bridgehead atoms. The lowest BCUT2D eigenvalue weighted by Crippen LogP contribution is -2.23. The highest BCUT2D eigenvalue weighted by Crippen LogP contribution is 2.53. The van der Waals surface area contributed by atoms with Crippen molar-refractivity contribution in [2.24, 2.45) is 0 Å². The average molecular weight is 839 g/mol. The van der Waals surface area contributed by atoms with Crippen LogP contribution in [0.1, 0.15) is 11.1 Å². The second-order valence-corrected chi connectivity index (χ2v) is 19.2. The maximum atomic E-state index is 14.2. The normalized spacial score (nSPS) is 15.4. The Bertz CT molecular complexity index is 3050. The van der Waals surface area contributed by atoms with Crippen molar-refractivity contribution in [2.45, 2.75) is 33.4 Å². The van der Waals surface area contributed by atoms with E-state index < -0.39 is 77.3 Å². The van der Waals surface area contributed by atoms with Crippen molar-refractivity contribution in [3.05, 3.63) is 96.1 Å². The van der Waals surface area contributed by atoms with Gasteiger partial charge in [-0.1, -0.05) is 24.3 Å². The molecule has 0 radical (unpaired) electrons. The fourth-order valence-electron chi connectivity index (χ4n) is 7.05. The monoisotopic (exact) mass is 838 g/mol. The first-order valence-electron chi connectivity index (χ1n) is 16.0. The molecule has 0 aromatic heterocycles. The zero-order chi connectivity index (χ0) is 40.4. The van der Waals surface area contributed by atoms with Gasteiger partial charge in [0, 0.05) is 0 Å². The van der Waals surface area contributed by atoms with Crippen molar-refractivity contribution in [1.29, 1.82) is 0 Å². The van der Waals surface area contributed by atoms with Gasteiger partial charge >= 0.3 is 6.03 Å². The topological polar surface area (TPSA) is 265 Å². The molecule has 2 amide bonds. The van der Waals surface area contributed by atoms with E-state index in [0.717, 1.165) is 24.3 Å². The smallest absolute Gasteiger partial charge is 0.323 e. The molecule has 288 valence electrons. The number of amides is 2. The number of rotatable bonds is 6. The number of hydrogen-bond acceptors (Lipinski definition) is 11. The number of nitrogens with one attached hydrogen (secondary N) is 2. The Morgan fingerprint density at radius 2 is 0.911 bits per heavy atom. The average Bonchev–Trinajstić information content (AvgIpc) is 3.33. The summed E-state index contributed by atoms with van der Waals surface area (Å²) in [5.41, 5.74) is -2.00. The number of sulfonamides is 2. The van der Waals surface area contributed by atoms with Crippen LogP contribution in [0.25, 0.3) is 21.5 Å². The molecule has 0 atom stereocenters. The summed E-state index contributed by atoms with van der Waals surface area (Å²) in [4.78, 5) is 11.4. The Morgan fingerprint density at radius 1 is 0.536 bits per heavy atom. The number of urea groups is 1. The predicted molar refractivity (Wildman–Crippen MR) is 205 cm³/mol. The lowest BCUT2D eigenvalue weighted by Gasteiger charge is -2.21. The molecule has 6 N–H and O–H groups in total. The van der Waals surface area contributed by atoms with Crippen molar-refractivity contribution in [3.63, 3.8) is 0 Å². The predicted octanol–water partition coefficient (Wildman–Crippen LogP) is 5.84. The van der Waals surface area contributed by atoms with Gasteiger partial charge in [0.05, 0.1) is 34.1 Å². The number of phenolic OH excluding ortho intramolecular Hbond substituents is 2. The molecule has 56 heavy (non-hydrogen) atoms. The molecule has 17 nitrogen and oxygen atoms in total. The number of aryl methyl sites for hydroxylation is 2. The van der Waals surface area contributed by atoms with Gasteiger partial charge in [0.1, 0.15) is 31.1 Å². The van der Waals surface area contributed by atoms with Crippen LogP contribution in [0.4, 0.5) is 38.9 Å². The van der Waals surface area contributed by atoms with Crippen LogP contribution < -0.4 is 19.2 Å². The lowest BCUT2D eigenvalue weighted by molar-refractivity contribution is 0.262. The number of anilines is 6. The van der Waals surface area contributed by atoms with E-state index in [0.29, 0.717) is 8.61 Å². The molecule has 21 heteroatoms. The highest BCUT2D eigenvalue weighted by Gasteiger charge is 2.45. The summed E-state index contributed by atoms with van der Waals surface area (Å²) in [6.07, 6.45) is 0. The molecular weight excluding hydrogens is 813 g/mol. The molecule has 2 heterocycles.